The number of esters is 1. The van der Waals surface area contributed by atoms with Crippen LogP contribution in [0, 0.1) is 0 Å². The first kappa shape index (κ1) is 49.4. The van der Waals surface area contributed by atoms with Gasteiger partial charge >= 0.3 is 19.8 Å². The first-order chi connectivity index (χ1) is 25.1. The molecule has 0 fully saturated rings. The number of aliphatic carboxylic acids is 1. The van der Waals surface area contributed by atoms with Crippen LogP contribution in [0.3, 0.4) is 0 Å². The average Bonchev–Trinajstić information content (AvgIpc) is 3.11. The molecule has 4 N–H and O–H groups in total. The van der Waals surface area contributed by atoms with E-state index in [4.69, 9.17) is 13.8 Å². The minimum absolute atomic E-state index is 0.132. The maximum absolute atomic E-state index is 12.3. The van der Waals surface area contributed by atoms with Crippen LogP contribution < -0.4 is 5.32 Å². The third-order valence-corrected chi connectivity index (χ3v) is 9.07. The van der Waals surface area contributed by atoms with Crippen molar-refractivity contribution < 1.29 is 47.8 Å². The number of phosphoric acid groups is 1. The second kappa shape index (κ2) is 35.5. The number of allylic oxidation sites excluding steroid dienone is 8. The molecular weight excluding hydrogens is 685 g/mol. The van der Waals surface area contributed by atoms with Gasteiger partial charge in [-0.05, 0) is 57.8 Å². The average molecular weight is 756 g/mol. The minimum atomic E-state index is -4.74. The molecule has 0 aliphatic rings. The molecule has 0 aromatic rings. The van der Waals surface area contributed by atoms with Crippen LogP contribution in [0.25, 0.3) is 0 Å². The molecule has 0 aromatic carbocycles. The number of unbranched alkanes of at least 4 members (excludes halogenated alkanes) is 14. The summed E-state index contributed by atoms with van der Waals surface area (Å²) < 4.78 is 26.5. The molecular formula is C40H70NO10P. The Bertz CT molecular complexity index is 1070. The summed E-state index contributed by atoms with van der Waals surface area (Å²) in [5.41, 5.74) is 0. The molecule has 0 saturated heterocycles. The Morgan fingerprint density at radius 1 is 0.615 bits per heavy atom. The number of amides is 1. The van der Waals surface area contributed by atoms with E-state index in [9.17, 15) is 34.1 Å². The van der Waals surface area contributed by atoms with E-state index < -0.39 is 57.6 Å². The van der Waals surface area contributed by atoms with Crippen LogP contribution >= 0.6 is 7.82 Å². The van der Waals surface area contributed by atoms with Gasteiger partial charge in [0.25, 0.3) is 0 Å². The van der Waals surface area contributed by atoms with Crippen LogP contribution in [0.1, 0.15) is 155 Å². The molecule has 1 amide bonds. The molecule has 0 aliphatic heterocycles. The molecule has 0 radical (unpaired) electrons. The number of carbonyl (C=O) groups is 3. The van der Waals surface area contributed by atoms with E-state index in [1.807, 2.05) is 0 Å². The molecule has 11 nitrogen and oxygen atoms in total. The number of hydrogen-bond acceptors (Lipinski definition) is 8. The number of aliphatic hydroxyl groups excluding tert-OH is 1. The predicted octanol–water partition coefficient (Wildman–Crippen LogP) is 9.44. The number of nitrogens with one attached hydrogen (secondary N) is 1. The number of hydrogen-bond donors (Lipinski definition) is 4. The molecule has 0 aromatic heterocycles. The predicted molar refractivity (Wildman–Crippen MR) is 208 cm³/mol. The number of aliphatic hydroxyl groups is 1. The monoisotopic (exact) mass is 755 g/mol. The van der Waals surface area contributed by atoms with Crippen LogP contribution in [0.15, 0.2) is 48.6 Å². The van der Waals surface area contributed by atoms with Crippen molar-refractivity contribution in [3.05, 3.63) is 48.6 Å². The van der Waals surface area contributed by atoms with Crippen molar-refractivity contribution in [3.63, 3.8) is 0 Å². The molecule has 300 valence electrons. The summed E-state index contributed by atoms with van der Waals surface area (Å²) in [5.74, 6) is -2.41. The van der Waals surface area contributed by atoms with Gasteiger partial charge in [-0.2, -0.15) is 0 Å². The topological polar surface area (TPSA) is 169 Å². The van der Waals surface area contributed by atoms with Gasteiger partial charge in [0, 0.05) is 12.8 Å². The van der Waals surface area contributed by atoms with Crippen LogP contribution in [-0.4, -0.2) is 64.9 Å². The van der Waals surface area contributed by atoms with E-state index in [2.05, 4.69) is 67.8 Å². The summed E-state index contributed by atoms with van der Waals surface area (Å²) in [7, 11) is -4.74. The van der Waals surface area contributed by atoms with Gasteiger partial charge in [0.2, 0.25) is 5.91 Å². The Morgan fingerprint density at radius 2 is 1.06 bits per heavy atom. The largest absolute Gasteiger partial charge is 0.480 e. The van der Waals surface area contributed by atoms with Crippen LogP contribution in [-0.2, 0) is 32.7 Å². The van der Waals surface area contributed by atoms with E-state index in [1.54, 1.807) is 0 Å². The van der Waals surface area contributed by atoms with Crippen molar-refractivity contribution in [2.75, 3.05) is 19.8 Å². The normalized spacial score (nSPS) is 14.4. The molecule has 0 heterocycles. The number of carboxylic acids is 1. The molecule has 52 heavy (non-hydrogen) atoms. The van der Waals surface area contributed by atoms with Gasteiger partial charge < -0.3 is 25.2 Å². The molecule has 3 unspecified atom stereocenters. The fourth-order valence-corrected chi connectivity index (χ4v) is 5.77. The summed E-state index contributed by atoms with van der Waals surface area (Å²) in [6.45, 7) is 2.42. The number of phosphoric ester groups is 1. The van der Waals surface area contributed by atoms with Gasteiger partial charge in [-0.3, -0.25) is 18.6 Å². The van der Waals surface area contributed by atoms with Gasteiger partial charge in [0.1, 0.15) is 12.7 Å². The Morgan fingerprint density at radius 3 is 1.62 bits per heavy atom. The van der Waals surface area contributed by atoms with Gasteiger partial charge in [-0.25, -0.2) is 9.36 Å². The maximum Gasteiger partial charge on any atom is 0.472 e. The molecule has 0 saturated carbocycles. The van der Waals surface area contributed by atoms with Crippen molar-refractivity contribution >= 4 is 25.7 Å². The van der Waals surface area contributed by atoms with Crippen LogP contribution in [0.4, 0.5) is 0 Å². The zero-order chi connectivity index (χ0) is 38.5. The summed E-state index contributed by atoms with van der Waals surface area (Å²) in [6.07, 6.45) is 37.6. The SMILES string of the molecule is CCCCC/C=C\C/C=C\C/C=C\C/C=C\CCCCCCCCCC(=O)NC(COP(=O)(O)OCC(O)COC(=O)CCCCCCC)C(=O)O. The third kappa shape index (κ3) is 34.5. The molecule has 12 heteroatoms. The van der Waals surface area contributed by atoms with Crippen molar-refractivity contribution in [2.24, 2.45) is 0 Å². The highest BCUT2D eigenvalue weighted by Crippen LogP contribution is 2.43. The summed E-state index contributed by atoms with van der Waals surface area (Å²) in [6, 6.07) is -1.55. The fourth-order valence-electron chi connectivity index (χ4n) is 5.00. The van der Waals surface area contributed by atoms with Gasteiger partial charge in [-0.15, -0.1) is 0 Å². The smallest absolute Gasteiger partial charge is 0.472 e. The van der Waals surface area contributed by atoms with E-state index in [1.165, 1.54) is 25.7 Å². The lowest BCUT2D eigenvalue weighted by molar-refractivity contribution is -0.147. The fraction of sp³-hybridized carbons (Fsp3) is 0.725. The van der Waals surface area contributed by atoms with Gasteiger partial charge in [0.05, 0.1) is 13.2 Å². The van der Waals surface area contributed by atoms with Crippen molar-refractivity contribution in [3.8, 4) is 0 Å². The standard InChI is InChI=1S/C40H70NO10P/c1-3-5-7-9-10-11-12-13-14-15-16-17-18-19-20-21-22-23-24-25-26-28-29-31-38(43)41-37(40(45)46)35-51-52(47,48)50-34-36(42)33-49-39(44)32-30-27-8-6-4-2/h10-11,13-14,16-17,19-20,36-37,42H,3-9,12,15,18,21-35H2,1-2H3,(H,41,43)(H,45,46)(H,47,48)/b11-10-,14-13-,17-16-,20-19-. The number of carboxylic acid groups (broad SMARTS) is 1. The highest BCUT2D eigenvalue weighted by atomic mass is 31.2. The minimum Gasteiger partial charge on any atom is -0.480 e. The highest BCUT2D eigenvalue weighted by molar-refractivity contribution is 7.47. The van der Waals surface area contributed by atoms with E-state index in [0.717, 1.165) is 89.9 Å². The van der Waals surface area contributed by atoms with E-state index >= 15 is 0 Å². The quantitative estimate of drug-likeness (QED) is 0.0209. The summed E-state index contributed by atoms with van der Waals surface area (Å²) in [5, 5.41) is 21.6. The second-order valence-electron chi connectivity index (χ2n) is 13.1. The molecule has 0 bridgehead atoms. The van der Waals surface area contributed by atoms with Crippen LogP contribution in [0.5, 0.6) is 0 Å². The lowest BCUT2D eigenvalue weighted by Gasteiger charge is -2.18. The number of ether oxygens (including phenoxy) is 1. The van der Waals surface area contributed by atoms with Gasteiger partial charge in [-0.1, -0.05) is 133 Å². The zero-order valence-electron chi connectivity index (χ0n) is 32.1. The van der Waals surface area contributed by atoms with Crippen molar-refractivity contribution in [2.45, 2.75) is 167 Å². The highest BCUT2D eigenvalue weighted by Gasteiger charge is 2.28. The number of carbonyl (C=O) groups excluding carboxylic acids is 2. The van der Waals surface area contributed by atoms with Crippen molar-refractivity contribution in [1.29, 1.82) is 0 Å². The molecule has 0 spiro atoms. The molecule has 3 atom stereocenters. The first-order valence-corrected chi connectivity index (χ1v) is 21.2. The molecule has 0 rings (SSSR count). The zero-order valence-corrected chi connectivity index (χ0v) is 33.0. The third-order valence-electron chi connectivity index (χ3n) is 8.12. The second-order valence-corrected chi connectivity index (χ2v) is 14.6. The number of rotatable bonds is 36. The Kier molecular flexibility index (Phi) is 33.7. The summed E-state index contributed by atoms with van der Waals surface area (Å²) >= 11 is 0. The van der Waals surface area contributed by atoms with E-state index in [0.29, 0.717) is 12.8 Å². The Labute approximate surface area is 314 Å². The first-order valence-electron chi connectivity index (χ1n) is 19.7. The summed E-state index contributed by atoms with van der Waals surface area (Å²) in [4.78, 5) is 45.5. The lowest BCUT2D eigenvalue weighted by atomic mass is 10.1. The Balaban J connectivity index is 3.92. The Hall–Kier alpha value is -2.56. The molecule has 0 aliphatic carbocycles. The van der Waals surface area contributed by atoms with Gasteiger partial charge in [0.15, 0.2) is 6.04 Å². The van der Waals surface area contributed by atoms with Crippen molar-refractivity contribution in [1.82, 2.24) is 5.32 Å². The lowest BCUT2D eigenvalue weighted by Crippen LogP contribution is -2.43. The van der Waals surface area contributed by atoms with E-state index in [-0.39, 0.29) is 12.8 Å². The maximum atomic E-state index is 12.3. The van der Waals surface area contributed by atoms with Crippen LogP contribution in [0.2, 0.25) is 0 Å².